The Hall–Kier alpha value is -2.11. The highest BCUT2D eigenvalue weighted by molar-refractivity contribution is 8.03. The van der Waals surface area contributed by atoms with Crippen LogP contribution in [-0.4, -0.2) is 87.4 Å². The molecule has 0 unspecified atom stereocenters. The lowest BCUT2D eigenvalue weighted by Crippen LogP contribution is -2.63. The third kappa shape index (κ3) is 3.80. The smallest absolute Gasteiger partial charge is 0.353 e. The number of hydrogen-bond acceptors (Lipinski definition) is 8. The van der Waals surface area contributed by atoms with Gasteiger partial charge in [0.25, 0.3) is 5.91 Å². The largest absolute Gasteiger partial charge is 0.477 e. The monoisotopic (exact) mass is 480 g/mol. The molecule has 0 aromatic carbocycles. The third-order valence-electron chi connectivity index (χ3n) is 6.43. The predicted molar refractivity (Wildman–Crippen MR) is 123 cm³/mol. The van der Waals surface area contributed by atoms with Gasteiger partial charge in [-0.15, -0.1) is 23.1 Å². The van der Waals surface area contributed by atoms with Gasteiger partial charge in [0.15, 0.2) is 5.13 Å². The second-order valence-corrected chi connectivity index (χ2v) is 11.0. The van der Waals surface area contributed by atoms with Gasteiger partial charge in [-0.3, -0.25) is 9.59 Å². The van der Waals surface area contributed by atoms with Gasteiger partial charge in [-0.2, -0.15) is 0 Å². The number of thioether (sulfide) groups is 1. The Balaban J connectivity index is 1.42. The van der Waals surface area contributed by atoms with Gasteiger partial charge in [-0.25, -0.2) is 9.78 Å². The van der Waals surface area contributed by atoms with Crippen LogP contribution in [0, 0.1) is 11.8 Å². The van der Waals surface area contributed by atoms with Gasteiger partial charge < -0.3 is 24.9 Å². The molecular weight excluding hydrogens is 452 g/mol. The number of β-lactam (4-membered cyclic amide) rings is 1. The summed E-state index contributed by atoms with van der Waals surface area (Å²) < 4.78 is 0. The average Bonchev–Trinajstić information content (AvgIpc) is 3.30. The van der Waals surface area contributed by atoms with Crippen LogP contribution in [0.25, 0.3) is 0 Å². The standard InChI is InChI=1S/C21H28N4O5S2/c1-10-15-14(11(2)26)19(28)25(15)16(20(29)30)17(10)32-12-5-7-24(8-6-12)21-22-13(9-31-21)18(27)23(3)4/h9-12,14-15,26H,5-8H2,1-4H3,(H,29,30)/t10-,11-,14-,15-/m1/s1. The highest BCUT2D eigenvalue weighted by atomic mass is 32.2. The molecule has 3 aliphatic rings. The van der Waals surface area contributed by atoms with Crippen LogP contribution in [0.4, 0.5) is 5.13 Å². The number of aliphatic hydroxyl groups excluding tert-OH is 1. The Kier molecular flexibility index (Phi) is 6.25. The lowest BCUT2D eigenvalue weighted by molar-refractivity contribution is -0.163. The number of rotatable bonds is 6. The number of aromatic nitrogens is 1. The van der Waals surface area contributed by atoms with Crippen LogP contribution in [-0.2, 0) is 9.59 Å². The van der Waals surface area contributed by atoms with E-state index < -0.39 is 18.0 Å². The first-order valence-electron chi connectivity index (χ1n) is 10.7. The van der Waals surface area contributed by atoms with Crippen molar-refractivity contribution < 1.29 is 24.6 Å². The molecule has 0 saturated carbocycles. The van der Waals surface area contributed by atoms with Gasteiger partial charge in [0.2, 0.25) is 5.91 Å². The van der Waals surface area contributed by atoms with E-state index >= 15 is 0 Å². The molecule has 3 aliphatic heterocycles. The molecule has 2 fully saturated rings. The summed E-state index contributed by atoms with van der Waals surface area (Å²) in [7, 11) is 3.40. The molecule has 2 N–H and O–H groups in total. The van der Waals surface area contributed by atoms with Gasteiger partial charge in [0.1, 0.15) is 11.4 Å². The molecule has 11 heteroatoms. The van der Waals surface area contributed by atoms with Crippen LogP contribution >= 0.6 is 23.1 Å². The number of carboxylic acids is 1. The van der Waals surface area contributed by atoms with E-state index in [2.05, 4.69) is 9.88 Å². The third-order valence-corrected chi connectivity index (χ3v) is 8.96. The molecule has 4 atom stereocenters. The number of hydrogen-bond donors (Lipinski definition) is 2. The number of aliphatic carboxylic acids is 1. The number of carbonyl (C=O) groups excluding carboxylic acids is 2. The Morgan fingerprint density at radius 1 is 1.31 bits per heavy atom. The van der Waals surface area contributed by atoms with Gasteiger partial charge >= 0.3 is 5.97 Å². The topological polar surface area (TPSA) is 114 Å². The van der Waals surface area contributed by atoms with E-state index in [4.69, 9.17) is 0 Å². The van der Waals surface area contributed by atoms with E-state index in [1.807, 2.05) is 6.92 Å². The molecule has 4 heterocycles. The molecule has 1 aromatic rings. The van der Waals surface area contributed by atoms with Gasteiger partial charge in [-0.05, 0) is 19.8 Å². The van der Waals surface area contributed by atoms with Gasteiger partial charge in [0.05, 0.1) is 18.1 Å². The summed E-state index contributed by atoms with van der Waals surface area (Å²) in [6.45, 7) is 5.08. The lowest BCUT2D eigenvalue weighted by Gasteiger charge is -2.46. The van der Waals surface area contributed by atoms with Crippen molar-refractivity contribution in [3.05, 3.63) is 21.7 Å². The van der Waals surface area contributed by atoms with E-state index in [1.165, 1.54) is 21.1 Å². The molecule has 0 radical (unpaired) electrons. The maximum atomic E-state index is 12.5. The molecule has 0 spiro atoms. The summed E-state index contributed by atoms with van der Waals surface area (Å²) in [6.07, 6.45) is 0.905. The fourth-order valence-corrected chi connectivity index (χ4v) is 7.07. The quantitative estimate of drug-likeness (QED) is 0.592. The molecule has 174 valence electrons. The second-order valence-electron chi connectivity index (χ2n) is 8.79. The van der Waals surface area contributed by atoms with Crippen LogP contribution in [0.1, 0.15) is 37.2 Å². The van der Waals surface area contributed by atoms with Crippen molar-refractivity contribution in [3.8, 4) is 0 Å². The zero-order valence-electron chi connectivity index (χ0n) is 18.5. The Morgan fingerprint density at radius 2 is 1.97 bits per heavy atom. The molecule has 1 aromatic heterocycles. The number of carboxylic acid groups (broad SMARTS) is 1. The van der Waals surface area contributed by atoms with Crippen molar-refractivity contribution in [2.45, 2.75) is 44.1 Å². The SMILES string of the molecule is C[C@@H](O)[C@H]1C(=O)N2C(C(=O)O)=C(SC3CCN(c4nc(C(=O)N(C)C)cs4)CC3)[C@H](C)[C@H]12. The summed E-state index contributed by atoms with van der Waals surface area (Å²) in [4.78, 5) is 46.8. The number of nitrogens with zero attached hydrogens (tertiary/aromatic N) is 4. The van der Waals surface area contributed by atoms with E-state index in [1.54, 1.807) is 38.2 Å². The number of aliphatic hydroxyl groups is 1. The number of amides is 2. The molecule has 0 aliphatic carbocycles. The Bertz CT molecular complexity index is 967. The number of piperidine rings is 1. The first-order chi connectivity index (χ1) is 15.1. The predicted octanol–water partition coefficient (Wildman–Crippen LogP) is 1.70. The average molecular weight is 481 g/mol. The molecule has 4 rings (SSSR count). The summed E-state index contributed by atoms with van der Waals surface area (Å²) in [5, 5.41) is 22.6. The van der Waals surface area contributed by atoms with E-state index in [9.17, 15) is 24.6 Å². The van der Waals surface area contributed by atoms with Crippen molar-refractivity contribution in [3.63, 3.8) is 0 Å². The van der Waals surface area contributed by atoms with Crippen molar-refractivity contribution >= 4 is 46.0 Å². The van der Waals surface area contributed by atoms with Crippen LogP contribution in [0.15, 0.2) is 16.0 Å². The van der Waals surface area contributed by atoms with Crippen molar-refractivity contribution in [2.75, 3.05) is 32.1 Å². The number of fused-ring (bicyclic) bond motifs is 1. The molecule has 9 nitrogen and oxygen atoms in total. The zero-order valence-corrected chi connectivity index (χ0v) is 20.2. The van der Waals surface area contributed by atoms with Crippen LogP contribution in [0.3, 0.4) is 0 Å². The van der Waals surface area contributed by atoms with E-state index in [0.717, 1.165) is 36.0 Å². The highest BCUT2D eigenvalue weighted by Crippen LogP contribution is 2.52. The molecule has 32 heavy (non-hydrogen) atoms. The lowest BCUT2D eigenvalue weighted by atomic mass is 9.79. The second kappa shape index (κ2) is 8.68. The van der Waals surface area contributed by atoms with Crippen molar-refractivity contribution in [1.29, 1.82) is 0 Å². The zero-order chi connectivity index (χ0) is 23.3. The minimum Gasteiger partial charge on any atom is -0.477 e. The van der Waals surface area contributed by atoms with Crippen molar-refractivity contribution in [2.24, 2.45) is 11.8 Å². The number of anilines is 1. The maximum Gasteiger partial charge on any atom is 0.353 e. The van der Waals surface area contributed by atoms with E-state index in [0.29, 0.717) is 5.69 Å². The van der Waals surface area contributed by atoms with Crippen LogP contribution < -0.4 is 4.90 Å². The minimum absolute atomic E-state index is 0.0867. The van der Waals surface area contributed by atoms with Gasteiger partial charge in [0, 0.05) is 48.6 Å². The fraction of sp³-hybridized carbons (Fsp3) is 0.619. The molecular formula is C21H28N4O5S2. The van der Waals surface area contributed by atoms with Crippen LogP contribution in [0.5, 0.6) is 0 Å². The highest BCUT2D eigenvalue weighted by Gasteiger charge is 2.60. The summed E-state index contributed by atoms with van der Waals surface area (Å²) >= 11 is 3.02. The fourth-order valence-electron chi connectivity index (χ4n) is 4.76. The first-order valence-corrected chi connectivity index (χ1v) is 12.4. The maximum absolute atomic E-state index is 12.5. The normalized spacial score (nSPS) is 26.8. The number of thiazole rings is 1. The van der Waals surface area contributed by atoms with Crippen molar-refractivity contribution in [1.82, 2.24) is 14.8 Å². The Morgan fingerprint density at radius 3 is 2.53 bits per heavy atom. The summed E-state index contributed by atoms with van der Waals surface area (Å²) in [6, 6.07) is -0.279. The van der Waals surface area contributed by atoms with Gasteiger partial charge in [-0.1, -0.05) is 6.92 Å². The van der Waals surface area contributed by atoms with E-state index in [-0.39, 0.29) is 34.7 Å². The molecule has 0 bridgehead atoms. The first kappa shape index (κ1) is 23.1. The summed E-state index contributed by atoms with van der Waals surface area (Å²) in [5.41, 5.74) is 0.535. The molecule has 2 saturated heterocycles. The minimum atomic E-state index is -1.09. The van der Waals surface area contributed by atoms with Crippen LogP contribution in [0.2, 0.25) is 0 Å². The number of carbonyl (C=O) groups is 3. The Labute approximate surface area is 195 Å². The molecule has 2 amide bonds. The summed E-state index contributed by atoms with van der Waals surface area (Å²) in [5.74, 6) is -2.15.